The quantitative estimate of drug-likeness (QED) is 0.366. The van der Waals surface area contributed by atoms with Gasteiger partial charge in [0.05, 0.1) is 21.6 Å². The fourth-order valence-electron chi connectivity index (χ4n) is 3.84. The fraction of sp³-hybridized carbons (Fsp3) is 0.0833. The lowest BCUT2D eigenvalue weighted by atomic mass is 10.1. The molecule has 0 unspecified atom stereocenters. The number of para-hydroxylation sites is 2. The van der Waals surface area contributed by atoms with Gasteiger partial charge in [-0.05, 0) is 49.5 Å². The first kappa shape index (κ1) is 21.0. The number of benzene rings is 2. The van der Waals surface area contributed by atoms with Crippen molar-refractivity contribution in [2.75, 3.05) is 0 Å². The molecule has 1 aliphatic heterocycles. The van der Waals surface area contributed by atoms with Crippen molar-refractivity contribution in [2.45, 2.75) is 6.92 Å². The van der Waals surface area contributed by atoms with Crippen LogP contribution in [0.2, 0.25) is 0 Å². The Labute approximate surface area is 197 Å². The van der Waals surface area contributed by atoms with Crippen LogP contribution in [-0.2, 0) is 11.8 Å². The molecule has 164 valence electrons. The van der Waals surface area contributed by atoms with Gasteiger partial charge in [0.15, 0.2) is 3.95 Å². The second kappa shape index (κ2) is 7.95. The van der Waals surface area contributed by atoms with Crippen molar-refractivity contribution in [3.8, 4) is 17.3 Å². The molecule has 0 saturated carbocycles. The Morgan fingerprint density at radius 2 is 1.76 bits per heavy atom. The van der Waals surface area contributed by atoms with Crippen molar-refractivity contribution in [3.05, 3.63) is 95.6 Å². The van der Waals surface area contributed by atoms with Gasteiger partial charge in [0.1, 0.15) is 5.69 Å². The Bertz CT molecular complexity index is 1700. The highest BCUT2D eigenvalue weighted by molar-refractivity contribution is 7.73. The second-order valence-electron chi connectivity index (χ2n) is 7.52. The molecule has 0 fully saturated rings. The van der Waals surface area contributed by atoms with Crippen LogP contribution in [0.5, 0.6) is 5.88 Å². The highest BCUT2D eigenvalue weighted by Crippen LogP contribution is 2.32. The molecule has 2 aromatic carbocycles. The zero-order chi connectivity index (χ0) is 23.3. The lowest BCUT2D eigenvalue weighted by Gasteiger charge is -2.07. The van der Waals surface area contributed by atoms with Crippen molar-refractivity contribution < 1.29 is 9.90 Å². The molecule has 0 radical (unpaired) electrons. The fourth-order valence-corrected chi connectivity index (χ4v) is 5.12. The van der Waals surface area contributed by atoms with Gasteiger partial charge in [0, 0.05) is 17.8 Å². The predicted molar refractivity (Wildman–Crippen MR) is 130 cm³/mol. The van der Waals surface area contributed by atoms with Crippen LogP contribution in [0.4, 0.5) is 0 Å². The van der Waals surface area contributed by atoms with Gasteiger partial charge < -0.3 is 5.11 Å². The number of amides is 1. The molecule has 4 aromatic rings. The second-order valence-corrected chi connectivity index (χ2v) is 9.20. The van der Waals surface area contributed by atoms with Crippen LogP contribution in [-0.4, -0.2) is 24.9 Å². The van der Waals surface area contributed by atoms with Gasteiger partial charge >= 0.3 is 0 Å². The molecule has 0 atom stereocenters. The summed E-state index contributed by atoms with van der Waals surface area (Å²) in [4.78, 5) is 30.4. The Balaban J connectivity index is 1.68. The molecule has 9 heteroatoms. The van der Waals surface area contributed by atoms with E-state index < -0.39 is 5.91 Å². The average Bonchev–Trinajstić information content (AvgIpc) is 3.20. The van der Waals surface area contributed by atoms with Gasteiger partial charge in [-0.1, -0.05) is 36.4 Å². The summed E-state index contributed by atoms with van der Waals surface area (Å²) in [5.74, 6) is -0.593. The molecule has 0 spiro atoms. The third kappa shape index (κ3) is 3.42. The summed E-state index contributed by atoms with van der Waals surface area (Å²) >= 11 is 6.63. The van der Waals surface area contributed by atoms with Crippen LogP contribution in [0.1, 0.15) is 10.6 Å². The van der Waals surface area contributed by atoms with Crippen LogP contribution in [0.15, 0.2) is 70.0 Å². The smallest absolute Gasteiger partial charge is 0.296 e. The van der Waals surface area contributed by atoms with E-state index in [0.29, 0.717) is 31.1 Å². The average molecular weight is 475 g/mol. The molecule has 33 heavy (non-hydrogen) atoms. The molecular formula is C24H18N4O3S2. The van der Waals surface area contributed by atoms with Crippen LogP contribution < -0.4 is 16.1 Å². The topological polar surface area (TPSA) is 81.5 Å². The first-order valence-corrected chi connectivity index (χ1v) is 11.3. The number of aromatic hydroxyl groups is 1. The minimum absolute atomic E-state index is 0.191. The number of aromatic nitrogens is 3. The van der Waals surface area contributed by atoms with Gasteiger partial charge in [-0.2, -0.15) is 0 Å². The molecule has 0 bridgehead atoms. The van der Waals surface area contributed by atoms with Crippen molar-refractivity contribution in [1.29, 1.82) is 0 Å². The SMILES string of the molecule is Cc1c(-n2c(O)c(/C=C3/C=c4ccccc4=NC3=O)sc2=S)c(=O)n(-c2ccccc2)n1C. The number of carbonyl (C=O) groups excluding carboxylic acids is 1. The van der Waals surface area contributed by atoms with E-state index in [-0.39, 0.29) is 17.1 Å². The van der Waals surface area contributed by atoms with E-state index >= 15 is 0 Å². The van der Waals surface area contributed by atoms with Gasteiger partial charge in [0.25, 0.3) is 11.5 Å². The summed E-state index contributed by atoms with van der Waals surface area (Å²) in [5, 5.41) is 12.5. The highest BCUT2D eigenvalue weighted by atomic mass is 32.1. The third-order valence-electron chi connectivity index (χ3n) is 5.56. The number of fused-ring (bicyclic) bond motifs is 1. The zero-order valence-electron chi connectivity index (χ0n) is 17.7. The van der Waals surface area contributed by atoms with Crippen LogP contribution in [0.3, 0.4) is 0 Å². The predicted octanol–water partition coefficient (Wildman–Crippen LogP) is 2.80. The standard InChI is InChI=1S/C24H18N4O3S2/c1-14-20(23(31)28(26(14)2)17-9-4-3-5-10-17)27-22(30)19(33-24(27)32)13-16-12-15-8-6-7-11-18(15)25-21(16)29/h3-13,30H,1-2H3/b16-13-. The summed E-state index contributed by atoms with van der Waals surface area (Å²) < 4.78 is 4.90. The lowest BCUT2D eigenvalue weighted by molar-refractivity contribution is -0.114. The summed E-state index contributed by atoms with van der Waals surface area (Å²) in [6.45, 7) is 1.79. The Hall–Kier alpha value is -3.82. The van der Waals surface area contributed by atoms with Crippen molar-refractivity contribution in [3.63, 3.8) is 0 Å². The van der Waals surface area contributed by atoms with Crippen molar-refractivity contribution in [1.82, 2.24) is 13.9 Å². The van der Waals surface area contributed by atoms with E-state index in [1.807, 2.05) is 48.5 Å². The number of carbonyl (C=O) groups is 1. The summed E-state index contributed by atoms with van der Waals surface area (Å²) in [5.41, 5.74) is 1.62. The van der Waals surface area contributed by atoms with E-state index in [1.165, 1.54) is 9.25 Å². The largest absolute Gasteiger partial charge is 0.493 e. The number of nitrogens with zero attached hydrogens (tertiary/aromatic N) is 4. The maximum absolute atomic E-state index is 13.4. The van der Waals surface area contributed by atoms with E-state index in [2.05, 4.69) is 4.99 Å². The first-order valence-electron chi connectivity index (χ1n) is 10.1. The van der Waals surface area contributed by atoms with Crippen molar-refractivity contribution >= 4 is 41.6 Å². The molecule has 5 rings (SSSR count). The summed E-state index contributed by atoms with van der Waals surface area (Å²) in [6.07, 6.45) is 3.29. The molecule has 0 saturated heterocycles. The summed E-state index contributed by atoms with van der Waals surface area (Å²) in [7, 11) is 1.78. The Kier molecular flexibility index (Phi) is 5.07. The minimum Gasteiger partial charge on any atom is -0.493 e. The van der Waals surface area contributed by atoms with Crippen molar-refractivity contribution in [2.24, 2.45) is 12.0 Å². The van der Waals surface area contributed by atoms with Crippen LogP contribution in [0.25, 0.3) is 23.5 Å². The highest BCUT2D eigenvalue weighted by Gasteiger charge is 2.23. The maximum Gasteiger partial charge on any atom is 0.296 e. The number of hydrogen-bond acceptors (Lipinski definition) is 5. The van der Waals surface area contributed by atoms with Crippen LogP contribution >= 0.6 is 23.6 Å². The zero-order valence-corrected chi connectivity index (χ0v) is 19.4. The van der Waals surface area contributed by atoms with E-state index in [1.54, 1.807) is 36.9 Å². The molecule has 0 aliphatic carbocycles. The first-order chi connectivity index (χ1) is 15.9. The molecule has 1 amide bonds. The van der Waals surface area contributed by atoms with Gasteiger partial charge in [-0.3, -0.25) is 18.8 Å². The van der Waals surface area contributed by atoms with E-state index in [4.69, 9.17) is 12.2 Å². The van der Waals surface area contributed by atoms with Gasteiger partial charge in [0.2, 0.25) is 5.88 Å². The maximum atomic E-state index is 13.4. The van der Waals surface area contributed by atoms with Crippen LogP contribution in [0, 0.1) is 10.9 Å². The Morgan fingerprint density at radius 3 is 2.52 bits per heavy atom. The Morgan fingerprint density at radius 1 is 1.06 bits per heavy atom. The van der Waals surface area contributed by atoms with Gasteiger partial charge in [-0.25, -0.2) is 9.67 Å². The molecule has 2 aromatic heterocycles. The third-order valence-corrected chi connectivity index (χ3v) is 6.87. The monoisotopic (exact) mass is 474 g/mol. The molecule has 1 aliphatic rings. The van der Waals surface area contributed by atoms with E-state index in [9.17, 15) is 14.7 Å². The molecule has 1 N–H and O–H groups in total. The number of hydrogen-bond donors (Lipinski definition) is 1. The molecule has 3 heterocycles. The minimum atomic E-state index is -0.402. The normalized spacial score (nSPS) is 14.1. The molecular weight excluding hydrogens is 456 g/mol. The van der Waals surface area contributed by atoms with Gasteiger partial charge in [-0.15, -0.1) is 11.3 Å². The van der Waals surface area contributed by atoms with E-state index in [0.717, 1.165) is 16.6 Å². The molecule has 7 nitrogen and oxygen atoms in total. The number of rotatable bonds is 3. The lowest BCUT2D eigenvalue weighted by Crippen LogP contribution is -2.29. The number of thiazole rings is 1. The summed E-state index contributed by atoms with van der Waals surface area (Å²) in [6, 6.07) is 16.6.